The van der Waals surface area contributed by atoms with Crippen LogP contribution in [0, 0.1) is 5.82 Å². The molecule has 3 nitrogen and oxygen atoms in total. The van der Waals surface area contributed by atoms with Crippen LogP contribution >= 0.6 is 11.6 Å². The average molecular weight is 266 g/mol. The number of nitrogens with zero attached hydrogens (tertiary/aromatic N) is 1. The van der Waals surface area contributed by atoms with Crippen LogP contribution in [-0.2, 0) is 0 Å². The third kappa shape index (κ3) is 3.05. The van der Waals surface area contributed by atoms with Crippen molar-refractivity contribution < 1.29 is 13.9 Å². The van der Waals surface area contributed by atoms with E-state index in [2.05, 4.69) is 4.98 Å². The third-order valence-corrected chi connectivity index (χ3v) is 2.43. The van der Waals surface area contributed by atoms with E-state index in [9.17, 15) is 9.18 Å². The average Bonchev–Trinajstić information content (AvgIpc) is 2.37. The van der Waals surface area contributed by atoms with Gasteiger partial charge in [0.2, 0.25) is 5.78 Å². The normalized spacial score (nSPS) is 10.1. The second kappa shape index (κ2) is 5.60. The SMILES string of the molecule is O=C(COc1cncc(Cl)c1)c1ccccc1F. The Labute approximate surface area is 108 Å². The first-order valence-corrected chi connectivity index (χ1v) is 5.55. The number of ketones is 1. The fourth-order valence-corrected chi connectivity index (χ4v) is 1.55. The molecule has 1 aromatic heterocycles. The van der Waals surface area contributed by atoms with Crippen LogP contribution in [0.25, 0.3) is 0 Å². The van der Waals surface area contributed by atoms with Gasteiger partial charge in [0.25, 0.3) is 0 Å². The molecule has 0 aliphatic carbocycles. The molecule has 92 valence electrons. The Morgan fingerprint density at radius 3 is 2.83 bits per heavy atom. The molecule has 0 saturated carbocycles. The molecule has 0 unspecified atom stereocenters. The fraction of sp³-hybridized carbons (Fsp3) is 0.0769. The predicted molar refractivity (Wildman–Crippen MR) is 65.5 cm³/mol. The van der Waals surface area contributed by atoms with E-state index in [1.165, 1.54) is 36.7 Å². The number of aromatic nitrogens is 1. The number of carbonyl (C=O) groups excluding carboxylic acids is 1. The first-order valence-electron chi connectivity index (χ1n) is 5.18. The molecule has 0 fully saturated rings. The summed E-state index contributed by atoms with van der Waals surface area (Å²) in [6, 6.07) is 7.29. The van der Waals surface area contributed by atoms with Crippen molar-refractivity contribution in [3.05, 3.63) is 59.1 Å². The van der Waals surface area contributed by atoms with Crippen LogP contribution in [0.2, 0.25) is 5.02 Å². The van der Waals surface area contributed by atoms with Gasteiger partial charge >= 0.3 is 0 Å². The molecule has 0 N–H and O–H groups in total. The minimum absolute atomic E-state index is 0.00693. The van der Waals surface area contributed by atoms with Gasteiger partial charge in [-0.2, -0.15) is 0 Å². The first kappa shape index (κ1) is 12.5. The van der Waals surface area contributed by atoms with Crippen LogP contribution in [0.4, 0.5) is 4.39 Å². The summed E-state index contributed by atoms with van der Waals surface area (Å²) in [5, 5.41) is 0.408. The molecule has 2 aromatic rings. The summed E-state index contributed by atoms with van der Waals surface area (Å²) in [5.74, 6) is -0.629. The number of benzene rings is 1. The molecule has 0 atom stereocenters. The van der Waals surface area contributed by atoms with E-state index >= 15 is 0 Å². The Morgan fingerprint density at radius 1 is 1.33 bits per heavy atom. The highest BCUT2D eigenvalue weighted by molar-refractivity contribution is 6.30. The van der Waals surface area contributed by atoms with Crippen LogP contribution in [0.5, 0.6) is 5.75 Å². The van der Waals surface area contributed by atoms with Crippen molar-refractivity contribution in [3.8, 4) is 5.75 Å². The molecule has 2 rings (SSSR count). The van der Waals surface area contributed by atoms with Crippen molar-refractivity contribution in [1.29, 1.82) is 0 Å². The van der Waals surface area contributed by atoms with E-state index in [1.54, 1.807) is 6.07 Å². The van der Waals surface area contributed by atoms with Crippen LogP contribution in [-0.4, -0.2) is 17.4 Å². The number of hydrogen-bond donors (Lipinski definition) is 0. The van der Waals surface area contributed by atoms with Crippen molar-refractivity contribution in [2.75, 3.05) is 6.61 Å². The van der Waals surface area contributed by atoms with Gasteiger partial charge in [-0.05, 0) is 12.1 Å². The minimum Gasteiger partial charge on any atom is -0.484 e. The van der Waals surface area contributed by atoms with Crippen molar-refractivity contribution in [3.63, 3.8) is 0 Å². The highest BCUT2D eigenvalue weighted by atomic mass is 35.5. The van der Waals surface area contributed by atoms with Crippen LogP contribution in [0.3, 0.4) is 0 Å². The van der Waals surface area contributed by atoms with E-state index < -0.39 is 11.6 Å². The third-order valence-electron chi connectivity index (χ3n) is 2.22. The maximum atomic E-state index is 13.3. The molecule has 1 aromatic carbocycles. The number of carbonyl (C=O) groups is 1. The lowest BCUT2D eigenvalue weighted by molar-refractivity contribution is 0.0917. The molecular formula is C13H9ClFNO2. The van der Waals surface area contributed by atoms with Gasteiger partial charge in [-0.25, -0.2) is 4.39 Å². The molecular weight excluding hydrogens is 257 g/mol. The van der Waals surface area contributed by atoms with E-state index in [1.807, 2.05) is 0 Å². The lowest BCUT2D eigenvalue weighted by Gasteiger charge is -2.05. The van der Waals surface area contributed by atoms with Gasteiger partial charge < -0.3 is 4.74 Å². The topological polar surface area (TPSA) is 39.2 Å². The van der Waals surface area contributed by atoms with Crippen molar-refractivity contribution >= 4 is 17.4 Å². The number of rotatable bonds is 4. The smallest absolute Gasteiger partial charge is 0.203 e. The zero-order valence-corrected chi connectivity index (χ0v) is 10.0. The molecule has 0 spiro atoms. The Bertz CT molecular complexity index is 574. The highest BCUT2D eigenvalue weighted by Crippen LogP contribution is 2.15. The summed E-state index contributed by atoms with van der Waals surface area (Å²) >= 11 is 5.71. The number of halogens is 2. The summed E-state index contributed by atoms with van der Waals surface area (Å²) in [6.45, 7) is -0.261. The van der Waals surface area contributed by atoms with Crippen molar-refractivity contribution in [2.45, 2.75) is 0 Å². The number of ether oxygens (including phenoxy) is 1. The minimum atomic E-state index is -0.560. The molecule has 0 saturated heterocycles. The van der Waals surface area contributed by atoms with Gasteiger partial charge in [-0.15, -0.1) is 0 Å². The Kier molecular flexibility index (Phi) is 3.89. The number of Topliss-reactive ketones (excluding diaryl/α,β-unsaturated/α-hetero) is 1. The predicted octanol–water partition coefficient (Wildman–Crippen LogP) is 3.14. The Hall–Kier alpha value is -1.94. The summed E-state index contributed by atoms with van der Waals surface area (Å²) in [6.07, 6.45) is 2.88. The van der Waals surface area contributed by atoms with E-state index in [-0.39, 0.29) is 12.2 Å². The summed E-state index contributed by atoms with van der Waals surface area (Å²) < 4.78 is 18.5. The standard InChI is InChI=1S/C13H9ClFNO2/c14-9-5-10(7-16-6-9)18-8-13(17)11-3-1-2-4-12(11)15/h1-7H,8H2. The lowest BCUT2D eigenvalue weighted by Crippen LogP contribution is -2.13. The summed E-state index contributed by atoms with van der Waals surface area (Å²) in [5.41, 5.74) is 0.00693. The molecule has 0 aliphatic heterocycles. The molecule has 1 heterocycles. The monoisotopic (exact) mass is 265 g/mol. The van der Waals surface area contributed by atoms with Crippen LogP contribution in [0.15, 0.2) is 42.7 Å². The van der Waals surface area contributed by atoms with E-state index in [0.717, 1.165) is 0 Å². The lowest BCUT2D eigenvalue weighted by atomic mass is 10.1. The maximum absolute atomic E-state index is 13.3. The van der Waals surface area contributed by atoms with E-state index in [0.29, 0.717) is 10.8 Å². The number of hydrogen-bond acceptors (Lipinski definition) is 3. The molecule has 5 heteroatoms. The maximum Gasteiger partial charge on any atom is 0.203 e. The van der Waals surface area contributed by atoms with Gasteiger partial charge in [0.1, 0.15) is 11.6 Å². The van der Waals surface area contributed by atoms with Gasteiger partial charge in [-0.3, -0.25) is 9.78 Å². The second-order valence-electron chi connectivity index (χ2n) is 3.53. The van der Waals surface area contributed by atoms with Gasteiger partial charge in [0.05, 0.1) is 16.8 Å². The van der Waals surface area contributed by atoms with Crippen molar-refractivity contribution in [2.24, 2.45) is 0 Å². The van der Waals surface area contributed by atoms with Crippen LogP contribution in [0.1, 0.15) is 10.4 Å². The quantitative estimate of drug-likeness (QED) is 0.797. The molecule has 0 aliphatic rings. The molecule has 0 bridgehead atoms. The molecule has 0 amide bonds. The Balaban J connectivity index is 2.03. The van der Waals surface area contributed by atoms with Gasteiger partial charge in [-0.1, -0.05) is 23.7 Å². The zero-order valence-electron chi connectivity index (χ0n) is 9.27. The van der Waals surface area contributed by atoms with Gasteiger partial charge in [0, 0.05) is 12.3 Å². The fourth-order valence-electron chi connectivity index (χ4n) is 1.39. The summed E-state index contributed by atoms with van der Waals surface area (Å²) in [7, 11) is 0. The van der Waals surface area contributed by atoms with Gasteiger partial charge in [0.15, 0.2) is 6.61 Å². The Morgan fingerprint density at radius 2 is 2.11 bits per heavy atom. The highest BCUT2D eigenvalue weighted by Gasteiger charge is 2.11. The zero-order chi connectivity index (χ0) is 13.0. The molecule has 0 radical (unpaired) electrons. The first-order chi connectivity index (χ1) is 8.66. The van der Waals surface area contributed by atoms with Crippen molar-refractivity contribution in [1.82, 2.24) is 4.98 Å². The largest absolute Gasteiger partial charge is 0.484 e. The number of pyridine rings is 1. The summed E-state index contributed by atoms with van der Waals surface area (Å²) in [4.78, 5) is 15.5. The van der Waals surface area contributed by atoms with Crippen LogP contribution < -0.4 is 4.74 Å². The molecule has 18 heavy (non-hydrogen) atoms. The van der Waals surface area contributed by atoms with E-state index in [4.69, 9.17) is 16.3 Å². The second-order valence-corrected chi connectivity index (χ2v) is 3.97.